The average molecular weight is 259 g/mol. The Morgan fingerprint density at radius 1 is 1.17 bits per heavy atom. The molecule has 100 valence electrons. The summed E-state index contributed by atoms with van der Waals surface area (Å²) in [4.78, 5) is 0. The van der Waals surface area contributed by atoms with Crippen molar-refractivity contribution in [1.82, 2.24) is 5.32 Å². The van der Waals surface area contributed by atoms with Crippen LogP contribution in [0, 0.1) is 0 Å². The van der Waals surface area contributed by atoms with Crippen molar-refractivity contribution >= 4 is 0 Å². The lowest BCUT2D eigenvalue weighted by atomic mass is 9.93. The molecule has 0 radical (unpaired) electrons. The van der Waals surface area contributed by atoms with Gasteiger partial charge in [0.1, 0.15) is 0 Å². The van der Waals surface area contributed by atoms with Gasteiger partial charge in [0, 0.05) is 12.1 Å². The lowest BCUT2D eigenvalue weighted by Crippen LogP contribution is -2.39. The molecule has 2 unspecified atom stereocenters. The van der Waals surface area contributed by atoms with E-state index in [1.54, 1.807) is 0 Å². The van der Waals surface area contributed by atoms with Crippen LogP contribution in [0.1, 0.15) is 36.4 Å². The molecule has 0 amide bonds. The Hall–Kier alpha value is -1.07. The largest absolute Gasteiger partial charge is 0.416 e. The molecule has 1 aromatic rings. The van der Waals surface area contributed by atoms with Crippen molar-refractivity contribution in [3.63, 3.8) is 0 Å². The average Bonchev–Trinajstić information content (AvgIpc) is 2.38. The number of hydrogen-bond acceptors (Lipinski definition) is 2. The predicted molar refractivity (Wildman–Crippen MR) is 62.0 cm³/mol. The minimum Gasteiger partial charge on any atom is -0.395 e. The molecule has 1 fully saturated rings. The van der Waals surface area contributed by atoms with E-state index in [1.165, 1.54) is 12.1 Å². The summed E-state index contributed by atoms with van der Waals surface area (Å²) in [5.74, 6) is 0. The first kappa shape index (κ1) is 13.4. The van der Waals surface area contributed by atoms with Gasteiger partial charge in [-0.2, -0.15) is 13.2 Å². The van der Waals surface area contributed by atoms with Gasteiger partial charge in [-0.1, -0.05) is 12.1 Å². The minimum atomic E-state index is -4.29. The molecule has 2 atom stereocenters. The summed E-state index contributed by atoms with van der Waals surface area (Å²) in [7, 11) is 0. The Kier molecular flexibility index (Phi) is 3.92. The lowest BCUT2D eigenvalue weighted by Gasteiger charge is -2.30. The van der Waals surface area contributed by atoms with Crippen LogP contribution in [0.2, 0.25) is 0 Å². The molecule has 0 bridgehead atoms. The van der Waals surface area contributed by atoms with E-state index >= 15 is 0 Å². The van der Waals surface area contributed by atoms with Crippen LogP contribution in [-0.4, -0.2) is 17.8 Å². The summed E-state index contributed by atoms with van der Waals surface area (Å²) in [5, 5.41) is 12.3. The molecule has 0 aromatic heterocycles. The van der Waals surface area contributed by atoms with Crippen molar-refractivity contribution in [2.75, 3.05) is 6.61 Å². The Labute approximate surface area is 104 Å². The van der Waals surface area contributed by atoms with E-state index in [0.717, 1.165) is 37.0 Å². The summed E-state index contributed by atoms with van der Waals surface area (Å²) in [6.07, 6.45) is -1.51. The van der Waals surface area contributed by atoms with Gasteiger partial charge in [-0.3, -0.25) is 0 Å². The molecule has 1 aliphatic rings. The van der Waals surface area contributed by atoms with Crippen molar-refractivity contribution < 1.29 is 18.3 Å². The Morgan fingerprint density at radius 3 is 2.39 bits per heavy atom. The highest BCUT2D eigenvalue weighted by Gasteiger charge is 2.30. The third-order valence-electron chi connectivity index (χ3n) is 3.34. The van der Waals surface area contributed by atoms with Crippen molar-refractivity contribution in [2.45, 2.75) is 37.5 Å². The maximum Gasteiger partial charge on any atom is 0.416 e. The van der Waals surface area contributed by atoms with E-state index in [2.05, 4.69) is 5.32 Å². The van der Waals surface area contributed by atoms with Crippen LogP contribution in [-0.2, 0) is 6.18 Å². The van der Waals surface area contributed by atoms with Crippen LogP contribution in [0.25, 0.3) is 0 Å². The minimum absolute atomic E-state index is 0.0400. The second-order valence-electron chi connectivity index (χ2n) is 4.65. The van der Waals surface area contributed by atoms with Crippen LogP contribution < -0.4 is 5.32 Å². The fourth-order valence-corrected chi connectivity index (χ4v) is 2.33. The number of benzene rings is 1. The van der Waals surface area contributed by atoms with Crippen molar-refractivity contribution in [1.29, 1.82) is 0 Å². The molecule has 18 heavy (non-hydrogen) atoms. The standard InChI is InChI=1S/C13H16F3NO/c14-13(15,16)10-6-4-9(5-7-10)12-3-1-2-11(8-18)17-12/h4-7,11-12,17-18H,1-3,8H2. The maximum absolute atomic E-state index is 12.4. The molecule has 0 aliphatic carbocycles. The van der Waals surface area contributed by atoms with Crippen LogP contribution >= 0.6 is 0 Å². The third kappa shape index (κ3) is 3.03. The van der Waals surface area contributed by atoms with Crippen molar-refractivity contribution in [3.05, 3.63) is 35.4 Å². The van der Waals surface area contributed by atoms with Gasteiger partial charge in [-0.15, -0.1) is 0 Å². The highest BCUT2D eigenvalue weighted by atomic mass is 19.4. The fourth-order valence-electron chi connectivity index (χ4n) is 2.33. The molecular weight excluding hydrogens is 243 g/mol. The first-order valence-corrected chi connectivity index (χ1v) is 6.05. The van der Waals surface area contributed by atoms with Gasteiger partial charge >= 0.3 is 6.18 Å². The number of halogens is 3. The van der Waals surface area contributed by atoms with Crippen molar-refractivity contribution in [3.8, 4) is 0 Å². The van der Waals surface area contributed by atoms with Gasteiger partial charge in [0.25, 0.3) is 0 Å². The number of nitrogens with one attached hydrogen (secondary N) is 1. The molecule has 1 saturated heterocycles. The number of hydrogen-bond donors (Lipinski definition) is 2. The Morgan fingerprint density at radius 2 is 1.83 bits per heavy atom. The number of rotatable bonds is 2. The molecule has 0 saturated carbocycles. The zero-order chi connectivity index (χ0) is 13.2. The second-order valence-corrected chi connectivity index (χ2v) is 4.65. The topological polar surface area (TPSA) is 32.3 Å². The third-order valence-corrected chi connectivity index (χ3v) is 3.34. The SMILES string of the molecule is OCC1CCCC(c2ccc(C(F)(F)F)cc2)N1. The number of piperidine rings is 1. The zero-order valence-electron chi connectivity index (χ0n) is 9.87. The fraction of sp³-hybridized carbons (Fsp3) is 0.538. The Bertz CT molecular complexity index is 388. The van der Waals surface area contributed by atoms with E-state index in [0.29, 0.717) is 0 Å². The van der Waals surface area contributed by atoms with Crippen LogP contribution in [0.4, 0.5) is 13.2 Å². The van der Waals surface area contributed by atoms with Gasteiger partial charge in [0.2, 0.25) is 0 Å². The molecule has 1 aromatic carbocycles. The maximum atomic E-state index is 12.4. The van der Waals surface area contributed by atoms with Crippen LogP contribution in [0.5, 0.6) is 0 Å². The Balaban J connectivity index is 2.09. The van der Waals surface area contributed by atoms with Crippen LogP contribution in [0.15, 0.2) is 24.3 Å². The first-order valence-electron chi connectivity index (χ1n) is 6.05. The van der Waals surface area contributed by atoms with E-state index in [4.69, 9.17) is 5.11 Å². The smallest absolute Gasteiger partial charge is 0.395 e. The van der Waals surface area contributed by atoms with E-state index < -0.39 is 11.7 Å². The summed E-state index contributed by atoms with van der Waals surface area (Å²) in [6, 6.07) is 5.34. The highest BCUT2D eigenvalue weighted by Crippen LogP contribution is 2.31. The van der Waals surface area contributed by atoms with Crippen LogP contribution in [0.3, 0.4) is 0 Å². The molecule has 0 spiro atoms. The number of aliphatic hydroxyl groups excluding tert-OH is 1. The van der Waals surface area contributed by atoms with Gasteiger partial charge in [-0.05, 0) is 37.0 Å². The lowest BCUT2D eigenvalue weighted by molar-refractivity contribution is -0.137. The second kappa shape index (κ2) is 5.28. The monoisotopic (exact) mass is 259 g/mol. The van der Waals surface area contributed by atoms with E-state index in [9.17, 15) is 13.2 Å². The summed E-state index contributed by atoms with van der Waals surface area (Å²) >= 11 is 0. The summed E-state index contributed by atoms with van der Waals surface area (Å²) in [6.45, 7) is 0.0666. The molecular formula is C13H16F3NO. The molecule has 1 heterocycles. The summed E-state index contributed by atoms with van der Waals surface area (Å²) < 4.78 is 37.3. The van der Waals surface area contributed by atoms with E-state index in [-0.39, 0.29) is 18.7 Å². The number of alkyl halides is 3. The predicted octanol–water partition coefficient (Wildman–Crippen LogP) is 2.88. The van der Waals surface area contributed by atoms with Crippen molar-refractivity contribution in [2.24, 2.45) is 0 Å². The highest BCUT2D eigenvalue weighted by molar-refractivity contribution is 5.27. The van der Waals surface area contributed by atoms with Gasteiger partial charge in [0.15, 0.2) is 0 Å². The molecule has 2 N–H and O–H groups in total. The quantitative estimate of drug-likeness (QED) is 0.856. The normalized spacial score (nSPS) is 25.1. The van der Waals surface area contributed by atoms with Gasteiger partial charge in [-0.25, -0.2) is 0 Å². The zero-order valence-corrected chi connectivity index (χ0v) is 9.87. The first-order chi connectivity index (χ1) is 8.50. The number of aliphatic hydroxyl groups is 1. The molecule has 5 heteroatoms. The van der Waals surface area contributed by atoms with Gasteiger partial charge in [0.05, 0.1) is 12.2 Å². The summed E-state index contributed by atoms with van der Waals surface area (Å²) in [5.41, 5.74) is 0.224. The molecule has 2 nitrogen and oxygen atoms in total. The molecule has 1 aliphatic heterocycles. The van der Waals surface area contributed by atoms with E-state index in [1.807, 2.05) is 0 Å². The van der Waals surface area contributed by atoms with Gasteiger partial charge < -0.3 is 10.4 Å². The molecule has 2 rings (SSSR count).